The van der Waals surface area contributed by atoms with E-state index in [0.717, 1.165) is 0 Å². The minimum Gasteiger partial charge on any atom is -0.469 e. The summed E-state index contributed by atoms with van der Waals surface area (Å²) in [6.45, 7) is 0. The van der Waals surface area contributed by atoms with Gasteiger partial charge in [-0.25, -0.2) is 19.9 Å². The Labute approximate surface area is 253 Å². The number of H-pyrrole nitrogens is 1. The SMILES string of the molecule is COC(=O)CCC(=O)Nc1cnc(-c2nn[nH]n2)cn1.COC(=O)CCC(=O)Nc1cnc(C#N)cn1.[N-]=[N+]=[N-].[Na+]. The second-order valence-corrected chi connectivity index (χ2v) is 6.76. The number of nitrogens with one attached hydrogen (secondary N) is 3. The maximum absolute atomic E-state index is 11.5. The van der Waals surface area contributed by atoms with Crippen LogP contribution < -0.4 is 40.2 Å². The molecule has 0 bridgehead atoms. The molecule has 0 spiro atoms. The fourth-order valence-electron chi connectivity index (χ4n) is 2.27. The van der Waals surface area contributed by atoms with Crippen molar-refractivity contribution in [1.82, 2.24) is 40.6 Å². The summed E-state index contributed by atoms with van der Waals surface area (Å²) in [6, 6.07) is 1.81. The van der Waals surface area contributed by atoms with Crippen LogP contribution in [-0.4, -0.2) is 78.5 Å². The molecule has 0 atom stereocenters. The Hall–Kier alpha value is -5.09. The molecular formula is C20H21N14NaO6. The van der Waals surface area contributed by atoms with Gasteiger partial charge in [0.15, 0.2) is 17.3 Å². The van der Waals surface area contributed by atoms with E-state index >= 15 is 0 Å². The fraction of sp³-hybridized carbons (Fsp3) is 0.300. The van der Waals surface area contributed by atoms with Gasteiger partial charge in [-0.05, 0) is 5.21 Å². The van der Waals surface area contributed by atoms with Gasteiger partial charge in [-0.3, -0.25) is 24.1 Å². The van der Waals surface area contributed by atoms with Gasteiger partial charge in [0.05, 0.1) is 51.8 Å². The molecule has 0 fully saturated rings. The quantitative estimate of drug-likeness (QED) is 0.0790. The molecule has 0 radical (unpaired) electrons. The number of amides is 2. The largest absolute Gasteiger partial charge is 1.00 e. The maximum atomic E-state index is 11.5. The molecule has 3 aromatic rings. The normalized spacial score (nSPS) is 8.90. The number of hydrogen-bond donors (Lipinski definition) is 3. The molecular weight excluding hydrogens is 555 g/mol. The van der Waals surface area contributed by atoms with E-state index in [4.69, 9.17) is 16.3 Å². The van der Waals surface area contributed by atoms with E-state index in [2.05, 4.69) is 60.7 Å². The molecule has 21 heteroatoms. The minimum atomic E-state index is -0.453. The molecule has 208 valence electrons. The number of carbonyl (C=O) groups is 4. The second kappa shape index (κ2) is 20.8. The number of tetrazole rings is 1. The number of anilines is 2. The molecule has 0 saturated heterocycles. The van der Waals surface area contributed by atoms with E-state index in [1.54, 1.807) is 0 Å². The van der Waals surface area contributed by atoms with Crippen molar-refractivity contribution in [2.24, 2.45) is 0 Å². The summed E-state index contributed by atoms with van der Waals surface area (Å²) in [4.78, 5) is 61.6. The Balaban J connectivity index is 0.000000704. The van der Waals surface area contributed by atoms with Gasteiger partial charge in [-0.15, -0.1) is 10.2 Å². The number of methoxy groups -OCH3 is 2. The number of nitrogens with zero attached hydrogens (tertiary/aromatic N) is 11. The first-order chi connectivity index (χ1) is 19.3. The number of nitriles is 1. The zero-order chi connectivity index (χ0) is 29.8. The maximum Gasteiger partial charge on any atom is 1.00 e. The Morgan fingerprint density at radius 3 is 1.76 bits per heavy atom. The molecule has 20 nitrogen and oxygen atoms in total. The van der Waals surface area contributed by atoms with Crippen molar-refractivity contribution in [1.29, 1.82) is 5.26 Å². The molecule has 0 aliphatic rings. The predicted molar refractivity (Wildman–Crippen MR) is 132 cm³/mol. The number of carbonyl (C=O) groups excluding carboxylic acids is 4. The van der Waals surface area contributed by atoms with Gasteiger partial charge in [0.25, 0.3) is 0 Å². The Bertz CT molecular complexity index is 1320. The van der Waals surface area contributed by atoms with Crippen LogP contribution in [0.4, 0.5) is 11.6 Å². The zero-order valence-corrected chi connectivity index (χ0v) is 24.0. The Morgan fingerprint density at radius 1 is 0.878 bits per heavy atom. The standard InChI is InChI=1S/C10H11N7O3.C10H10N4O3.N3.Na/c1-20-9(19)3-2-8(18)13-7-5-11-6(4-12-7)10-14-16-17-15-10;1-17-10(16)3-2-9(15)14-8-6-12-7(4-11)5-13-8;1-3-2;/h4-5H,2-3H2,1H3,(H,12,13,18)(H,14,15,16,17);5-6H,2-3H2,1H3,(H,13,14,15);;/q;;-1;+1. The summed E-state index contributed by atoms with van der Waals surface area (Å²) in [6.07, 6.45) is 5.32. The molecule has 0 aliphatic carbocycles. The van der Waals surface area contributed by atoms with Crippen LogP contribution in [0.1, 0.15) is 31.4 Å². The molecule has 3 aromatic heterocycles. The van der Waals surface area contributed by atoms with Gasteiger partial charge >= 0.3 is 41.5 Å². The predicted octanol–water partition coefficient (Wildman–Crippen LogP) is -2.34. The molecule has 0 unspecified atom stereocenters. The van der Waals surface area contributed by atoms with Crippen LogP contribution in [0.5, 0.6) is 0 Å². The zero-order valence-electron chi connectivity index (χ0n) is 22.0. The van der Waals surface area contributed by atoms with Crippen molar-refractivity contribution in [2.75, 3.05) is 24.9 Å². The summed E-state index contributed by atoms with van der Waals surface area (Å²) in [7, 11) is 2.52. The van der Waals surface area contributed by atoms with E-state index in [1.165, 1.54) is 43.9 Å². The number of aromatic nitrogens is 8. The third-order valence-electron chi connectivity index (χ3n) is 4.10. The van der Waals surface area contributed by atoms with Crippen molar-refractivity contribution < 1.29 is 58.2 Å². The second-order valence-electron chi connectivity index (χ2n) is 6.76. The molecule has 2 amide bonds. The van der Waals surface area contributed by atoms with Gasteiger partial charge < -0.3 is 31.2 Å². The first-order valence-electron chi connectivity index (χ1n) is 10.8. The van der Waals surface area contributed by atoms with Gasteiger partial charge in [0.2, 0.25) is 17.6 Å². The number of hydrogen-bond acceptors (Lipinski definition) is 14. The van der Waals surface area contributed by atoms with Crippen LogP contribution in [0.15, 0.2) is 24.8 Å². The van der Waals surface area contributed by atoms with E-state index in [0.29, 0.717) is 11.5 Å². The molecule has 3 heterocycles. The Kier molecular flexibility index (Phi) is 18.2. The molecule has 0 saturated carbocycles. The van der Waals surface area contributed by atoms with Crippen LogP contribution in [0.3, 0.4) is 0 Å². The third kappa shape index (κ3) is 15.2. The van der Waals surface area contributed by atoms with E-state index < -0.39 is 11.9 Å². The van der Waals surface area contributed by atoms with Crippen molar-refractivity contribution in [2.45, 2.75) is 25.7 Å². The molecule has 41 heavy (non-hydrogen) atoms. The van der Waals surface area contributed by atoms with E-state index in [1.807, 2.05) is 6.07 Å². The summed E-state index contributed by atoms with van der Waals surface area (Å²) in [5.41, 5.74) is 14.1. The third-order valence-corrected chi connectivity index (χ3v) is 4.10. The van der Waals surface area contributed by atoms with Gasteiger partial charge in [-0.2, -0.15) is 10.5 Å². The fourth-order valence-corrected chi connectivity index (χ4v) is 2.27. The van der Waals surface area contributed by atoms with Crippen molar-refractivity contribution >= 4 is 35.4 Å². The summed E-state index contributed by atoms with van der Waals surface area (Å²) < 4.78 is 8.84. The molecule has 0 aliphatic heterocycles. The van der Waals surface area contributed by atoms with Crippen LogP contribution in [-0.2, 0) is 28.7 Å². The number of rotatable bonds is 9. The average molecular weight is 576 g/mol. The van der Waals surface area contributed by atoms with Gasteiger partial charge in [0, 0.05) is 12.8 Å². The number of esters is 2. The number of ether oxygens (including phenoxy) is 2. The van der Waals surface area contributed by atoms with Crippen LogP contribution in [0, 0.1) is 11.3 Å². The van der Waals surface area contributed by atoms with E-state index in [-0.39, 0.29) is 84.4 Å². The van der Waals surface area contributed by atoms with Crippen molar-refractivity contribution in [3.05, 3.63) is 46.5 Å². The van der Waals surface area contributed by atoms with Crippen LogP contribution in [0.25, 0.3) is 27.5 Å². The summed E-state index contributed by atoms with van der Waals surface area (Å²) in [5.74, 6) is -0.803. The first-order valence-corrected chi connectivity index (χ1v) is 10.8. The summed E-state index contributed by atoms with van der Waals surface area (Å²) >= 11 is 0. The number of aromatic amines is 1. The van der Waals surface area contributed by atoms with Crippen LogP contribution >= 0.6 is 0 Å². The topological polar surface area (TPSA) is 299 Å². The first kappa shape index (κ1) is 35.9. The van der Waals surface area contributed by atoms with Crippen molar-refractivity contribution in [3.8, 4) is 17.6 Å². The molecule has 0 aromatic carbocycles. The van der Waals surface area contributed by atoms with E-state index in [9.17, 15) is 19.2 Å². The Morgan fingerprint density at radius 2 is 1.39 bits per heavy atom. The minimum absolute atomic E-state index is 0. The summed E-state index contributed by atoms with van der Waals surface area (Å²) in [5, 5.41) is 26.6. The smallest absolute Gasteiger partial charge is 0.469 e. The van der Waals surface area contributed by atoms with Gasteiger partial charge in [0.1, 0.15) is 11.8 Å². The molecule has 3 N–H and O–H groups in total. The van der Waals surface area contributed by atoms with Gasteiger partial charge in [-0.1, -0.05) is 0 Å². The average Bonchev–Trinajstić information content (AvgIpc) is 3.51. The molecule has 3 rings (SSSR count). The van der Waals surface area contributed by atoms with Crippen molar-refractivity contribution in [3.63, 3.8) is 0 Å². The monoisotopic (exact) mass is 576 g/mol. The van der Waals surface area contributed by atoms with Crippen LogP contribution in [0.2, 0.25) is 0 Å².